The molecule has 19 heavy (non-hydrogen) atoms. The van der Waals surface area contributed by atoms with Crippen molar-refractivity contribution in [2.75, 3.05) is 0 Å². The van der Waals surface area contributed by atoms with Crippen LogP contribution in [0.2, 0.25) is 0 Å². The minimum Gasteiger partial charge on any atom is -0.369 e. The fourth-order valence-electron chi connectivity index (χ4n) is 2.47. The van der Waals surface area contributed by atoms with Crippen molar-refractivity contribution in [1.82, 2.24) is 0 Å². The van der Waals surface area contributed by atoms with E-state index in [2.05, 4.69) is 0 Å². The van der Waals surface area contributed by atoms with Crippen molar-refractivity contribution >= 4 is 5.91 Å². The van der Waals surface area contributed by atoms with Crippen LogP contribution in [0.4, 0.5) is 8.78 Å². The summed E-state index contributed by atoms with van der Waals surface area (Å²) < 4.78 is 26.4. The van der Waals surface area contributed by atoms with Crippen LogP contribution in [0.25, 0.3) is 0 Å². The second-order valence-corrected chi connectivity index (χ2v) is 5.02. The SMILES string of the molecule is CCCC(CC)(C(N)=O)c1ccc(C(C)(F)F)cc1. The van der Waals surface area contributed by atoms with Crippen LogP contribution >= 0.6 is 0 Å². The minimum absolute atomic E-state index is 0.0535. The van der Waals surface area contributed by atoms with Gasteiger partial charge in [-0.15, -0.1) is 0 Å². The predicted octanol–water partition coefficient (Wildman–Crippen LogP) is 3.73. The number of amides is 1. The molecule has 1 aromatic carbocycles. The van der Waals surface area contributed by atoms with Gasteiger partial charge in [0.05, 0.1) is 5.41 Å². The Morgan fingerprint density at radius 2 is 1.63 bits per heavy atom. The molecule has 4 heteroatoms. The van der Waals surface area contributed by atoms with Crippen molar-refractivity contribution < 1.29 is 13.6 Å². The Kier molecular flexibility index (Phi) is 4.66. The fraction of sp³-hybridized carbons (Fsp3) is 0.533. The highest BCUT2D eigenvalue weighted by Gasteiger charge is 2.36. The summed E-state index contributed by atoms with van der Waals surface area (Å²) in [5.41, 5.74) is 5.45. The van der Waals surface area contributed by atoms with E-state index in [0.717, 1.165) is 18.9 Å². The van der Waals surface area contributed by atoms with Gasteiger partial charge in [-0.05, 0) is 18.4 Å². The smallest absolute Gasteiger partial charge is 0.270 e. The molecule has 0 saturated heterocycles. The average Bonchev–Trinajstić information content (AvgIpc) is 2.35. The van der Waals surface area contributed by atoms with Gasteiger partial charge in [-0.1, -0.05) is 44.5 Å². The Bertz CT molecular complexity index is 436. The van der Waals surface area contributed by atoms with E-state index >= 15 is 0 Å². The quantitative estimate of drug-likeness (QED) is 0.840. The Morgan fingerprint density at radius 1 is 1.16 bits per heavy atom. The van der Waals surface area contributed by atoms with E-state index in [1.165, 1.54) is 12.1 Å². The molecular formula is C15H21F2NO. The van der Waals surface area contributed by atoms with Gasteiger partial charge in [0.25, 0.3) is 5.92 Å². The van der Waals surface area contributed by atoms with Crippen LogP contribution < -0.4 is 5.73 Å². The monoisotopic (exact) mass is 269 g/mol. The number of hydrogen-bond acceptors (Lipinski definition) is 1. The Hall–Kier alpha value is -1.45. The molecule has 1 amide bonds. The first kappa shape index (κ1) is 15.6. The first-order valence-corrected chi connectivity index (χ1v) is 6.56. The van der Waals surface area contributed by atoms with Crippen LogP contribution in [0.3, 0.4) is 0 Å². The Morgan fingerprint density at radius 3 is 1.95 bits per heavy atom. The summed E-state index contributed by atoms with van der Waals surface area (Å²) >= 11 is 0. The number of carbonyl (C=O) groups excluding carboxylic acids is 1. The highest BCUT2D eigenvalue weighted by Crippen LogP contribution is 2.35. The van der Waals surface area contributed by atoms with E-state index in [4.69, 9.17) is 5.73 Å². The van der Waals surface area contributed by atoms with Gasteiger partial charge in [0.15, 0.2) is 0 Å². The van der Waals surface area contributed by atoms with Gasteiger partial charge < -0.3 is 5.73 Å². The van der Waals surface area contributed by atoms with Crippen LogP contribution in [0.5, 0.6) is 0 Å². The van der Waals surface area contributed by atoms with Crippen molar-refractivity contribution in [3.8, 4) is 0 Å². The maximum Gasteiger partial charge on any atom is 0.270 e. The summed E-state index contributed by atoms with van der Waals surface area (Å²) in [6.07, 6.45) is 2.00. The Balaban J connectivity index is 3.22. The van der Waals surface area contributed by atoms with Crippen molar-refractivity contribution in [1.29, 1.82) is 0 Å². The standard InChI is InChI=1S/C15H21F2NO/c1-4-10-15(5-2,13(18)19)12-8-6-11(7-9-12)14(3,16)17/h6-9H,4-5,10H2,1-3H3,(H2,18,19). The molecule has 0 aliphatic rings. The predicted molar refractivity (Wildman–Crippen MR) is 72.1 cm³/mol. The van der Waals surface area contributed by atoms with Crippen LogP contribution in [-0.2, 0) is 16.1 Å². The summed E-state index contributed by atoms with van der Waals surface area (Å²) in [6.45, 7) is 4.72. The average molecular weight is 269 g/mol. The summed E-state index contributed by atoms with van der Waals surface area (Å²) in [6, 6.07) is 5.93. The van der Waals surface area contributed by atoms with Gasteiger partial charge in [0.1, 0.15) is 0 Å². The zero-order valence-corrected chi connectivity index (χ0v) is 11.7. The van der Waals surface area contributed by atoms with Crippen LogP contribution in [-0.4, -0.2) is 5.91 Å². The van der Waals surface area contributed by atoms with E-state index in [1.54, 1.807) is 12.1 Å². The number of carbonyl (C=O) groups is 1. The molecule has 0 spiro atoms. The number of benzene rings is 1. The number of nitrogens with two attached hydrogens (primary N) is 1. The van der Waals surface area contributed by atoms with E-state index in [0.29, 0.717) is 12.8 Å². The van der Waals surface area contributed by atoms with Gasteiger partial charge in [0.2, 0.25) is 5.91 Å². The molecule has 2 N–H and O–H groups in total. The van der Waals surface area contributed by atoms with Gasteiger partial charge in [-0.2, -0.15) is 0 Å². The lowest BCUT2D eigenvalue weighted by Crippen LogP contribution is -2.40. The molecule has 0 saturated carbocycles. The highest BCUT2D eigenvalue weighted by atomic mass is 19.3. The minimum atomic E-state index is -2.87. The van der Waals surface area contributed by atoms with Crippen molar-refractivity contribution in [2.45, 2.75) is 51.4 Å². The van der Waals surface area contributed by atoms with E-state index in [-0.39, 0.29) is 5.56 Å². The summed E-state index contributed by atoms with van der Waals surface area (Å²) in [7, 11) is 0. The zero-order valence-electron chi connectivity index (χ0n) is 11.7. The van der Waals surface area contributed by atoms with Gasteiger partial charge >= 0.3 is 0 Å². The van der Waals surface area contributed by atoms with E-state index in [9.17, 15) is 13.6 Å². The van der Waals surface area contributed by atoms with E-state index in [1.807, 2.05) is 13.8 Å². The summed E-state index contributed by atoms with van der Waals surface area (Å²) in [5.74, 6) is -3.27. The molecule has 0 heterocycles. The number of primary amides is 1. The number of hydrogen-bond donors (Lipinski definition) is 1. The molecule has 1 unspecified atom stereocenters. The third-order valence-corrected chi connectivity index (χ3v) is 3.70. The van der Waals surface area contributed by atoms with Gasteiger partial charge in [-0.25, -0.2) is 8.78 Å². The lowest BCUT2D eigenvalue weighted by atomic mass is 9.74. The number of rotatable bonds is 6. The molecule has 106 valence electrons. The molecule has 2 nitrogen and oxygen atoms in total. The van der Waals surface area contributed by atoms with Gasteiger partial charge in [0, 0.05) is 12.5 Å². The molecule has 0 aliphatic carbocycles. The lowest BCUT2D eigenvalue weighted by molar-refractivity contribution is -0.124. The van der Waals surface area contributed by atoms with Crippen molar-refractivity contribution in [3.63, 3.8) is 0 Å². The summed E-state index contributed by atoms with van der Waals surface area (Å²) in [5, 5.41) is 0. The van der Waals surface area contributed by atoms with Crippen LogP contribution in [0, 0.1) is 0 Å². The molecule has 0 aliphatic heterocycles. The first-order chi connectivity index (χ1) is 8.78. The van der Waals surface area contributed by atoms with Crippen LogP contribution in [0.15, 0.2) is 24.3 Å². The molecule has 0 bridgehead atoms. The van der Waals surface area contributed by atoms with Crippen molar-refractivity contribution in [2.24, 2.45) is 5.73 Å². The molecule has 0 aromatic heterocycles. The molecular weight excluding hydrogens is 248 g/mol. The summed E-state index contributed by atoms with van der Waals surface area (Å²) in [4.78, 5) is 11.8. The maximum absolute atomic E-state index is 13.2. The van der Waals surface area contributed by atoms with E-state index < -0.39 is 17.2 Å². The third kappa shape index (κ3) is 3.11. The first-order valence-electron chi connectivity index (χ1n) is 6.56. The molecule has 1 aromatic rings. The van der Waals surface area contributed by atoms with Crippen LogP contribution in [0.1, 0.15) is 51.2 Å². The number of halogens is 2. The zero-order chi connectivity index (χ0) is 14.7. The lowest BCUT2D eigenvalue weighted by Gasteiger charge is -2.30. The molecule has 1 rings (SSSR count). The van der Waals surface area contributed by atoms with Gasteiger partial charge in [-0.3, -0.25) is 4.79 Å². The Labute approximate surface area is 113 Å². The second kappa shape index (κ2) is 5.68. The third-order valence-electron chi connectivity index (χ3n) is 3.70. The maximum atomic E-state index is 13.2. The largest absolute Gasteiger partial charge is 0.369 e. The normalized spacial score (nSPS) is 15.0. The molecule has 1 atom stereocenters. The number of alkyl halides is 2. The molecule has 0 fully saturated rings. The topological polar surface area (TPSA) is 43.1 Å². The highest BCUT2D eigenvalue weighted by molar-refractivity contribution is 5.86. The van der Waals surface area contributed by atoms with Crippen molar-refractivity contribution in [3.05, 3.63) is 35.4 Å². The molecule has 0 radical (unpaired) electrons. The fourth-order valence-corrected chi connectivity index (χ4v) is 2.47. The second-order valence-electron chi connectivity index (χ2n) is 5.02.